The molecule has 0 N–H and O–H groups in total. The molecule has 0 heterocycles. The van der Waals surface area contributed by atoms with E-state index in [4.69, 9.17) is 4.74 Å². The highest BCUT2D eigenvalue weighted by Gasteiger charge is 2.11. The Morgan fingerprint density at radius 1 is 0.931 bits per heavy atom. The number of allylic oxidation sites excluding steroid dienone is 3. The van der Waals surface area contributed by atoms with Gasteiger partial charge in [0.15, 0.2) is 0 Å². The second-order valence-electron chi connectivity index (χ2n) is 8.22. The Hall–Kier alpha value is -2.28. The molecule has 156 valence electrons. The first kappa shape index (κ1) is 23.0. The summed E-state index contributed by atoms with van der Waals surface area (Å²) in [6.45, 7) is 11.9. The van der Waals surface area contributed by atoms with Gasteiger partial charge in [0.05, 0.1) is 6.61 Å². The molecule has 1 nitrogen and oxygen atoms in total. The van der Waals surface area contributed by atoms with Crippen LogP contribution in [0.25, 0.3) is 17.2 Å². The van der Waals surface area contributed by atoms with E-state index in [9.17, 15) is 0 Å². The molecule has 0 atom stereocenters. The first-order valence-corrected chi connectivity index (χ1v) is 11.3. The van der Waals surface area contributed by atoms with E-state index in [-0.39, 0.29) is 0 Å². The molecule has 0 unspecified atom stereocenters. The zero-order chi connectivity index (χ0) is 21.1. The van der Waals surface area contributed by atoms with E-state index in [1.165, 1.54) is 34.2 Å². The van der Waals surface area contributed by atoms with E-state index in [2.05, 4.69) is 95.3 Å². The molecule has 0 saturated carbocycles. The van der Waals surface area contributed by atoms with Crippen molar-refractivity contribution in [2.24, 2.45) is 5.92 Å². The Kier molecular flexibility index (Phi) is 9.77. The van der Waals surface area contributed by atoms with Crippen LogP contribution in [0.4, 0.5) is 0 Å². The smallest absolute Gasteiger partial charge is 0.122 e. The maximum atomic E-state index is 6.06. The van der Waals surface area contributed by atoms with Gasteiger partial charge < -0.3 is 4.74 Å². The number of benzene rings is 2. The lowest BCUT2D eigenvalue weighted by Crippen LogP contribution is -2.00. The summed E-state index contributed by atoms with van der Waals surface area (Å²) in [5.41, 5.74) is 6.39. The molecular weight excluding hydrogens is 352 g/mol. The second-order valence-corrected chi connectivity index (χ2v) is 8.22. The van der Waals surface area contributed by atoms with Crippen molar-refractivity contribution >= 4 is 6.08 Å². The predicted molar refractivity (Wildman–Crippen MR) is 129 cm³/mol. The van der Waals surface area contributed by atoms with E-state index in [0.717, 1.165) is 38.0 Å². The molecule has 0 aliphatic rings. The molecular formula is C28H38O. The Balaban J connectivity index is 2.37. The molecule has 0 spiro atoms. The minimum absolute atomic E-state index is 0.677. The molecule has 0 amide bonds. The lowest BCUT2D eigenvalue weighted by molar-refractivity contribution is 0.307. The Morgan fingerprint density at radius 3 is 2.34 bits per heavy atom. The van der Waals surface area contributed by atoms with Crippen molar-refractivity contribution in [3.63, 3.8) is 0 Å². The third-order valence-electron chi connectivity index (χ3n) is 5.09. The zero-order valence-electron chi connectivity index (χ0n) is 19.0. The van der Waals surface area contributed by atoms with Gasteiger partial charge in [0, 0.05) is 0 Å². The lowest BCUT2D eigenvalue weighted by atomic mass is 9.93. The molecule has 0 fully saturated rings. The minimum atomic E-state index is 0.677. The first-order valence-electron chi connectivity index (χ1n) is 11.3. The van der Waals surface area contributed by atoms with Crippen molar-refractivity contribution in [3.05, 3.63) is 71.3 Å². The standard InChI is InChI=1S/C28H38O/c1-6-8-10-11-12-13-26-23(5)28(29-20-9-7-2)19-18-27(26)25-16-14-24(15-17-25)21-22(3)4/h10-19,22H,6-9,20-21H2,1-5H3/b11-10+,13-12-. The second kappa shape index (κ2) is 12.3. The van der Waals surface area contributed by atoms with Gasteiger partial charge in [-0.3, -0.25) is 0 Å². The van der Waals surface area contributed by atoms with E-state index >= 15 is 0 Å². The van der Waals surface area contributed by atoms with Gasteiger partial charge in [-0.15, -0.1) is 0 Å². The molecule has 1 heteroatoms. The first-order chi connectivity index (χ1) is 14.1. The van der Waals surface area contributed by atoms with Crippen LogP contribution >= 0.6 is 0 Å². The summed E-state index contributed by atoms with van der Waals surface area (Å²) in [6.07, 6.45) is 14.4. The summed E-state index contributed by atoms with van der Waals surface area (Å²) in [7, 11) is 0. The van der Waals surface area contributed by atoms with Crippen LogP contribution in [-0.4, -0.2) is 6.61 Å². The molecule has 0 radical (unpaired) electrons. The summed E-state index contributed by atoms with van der Waals surface area (Å²) in [6, 6.07) is 13.4. The summed E-state index contributed by atoms with van der Waals surface area (Å²) in [4.78, 5) is 0. The normalized spacial score (nSPS) is 11.8. The van der Waals surface area contributed by atoms with Gasteiger partial charge in [-0.2, -0.15) is 0 Å². The van der Waals surface area contributed by atoms with Gasteiger partial charge in [0.2, 0.25) is 0 Å². The van der Waals surface area contributed by atoms with Crippen molar-refractivity contribution in [2.45, 2.75) is 66.7 Å². The van der Waals surface area contributed by atoms with Gasteiger partial charge in [-0.05, 0) is 66.0 Å². The molecule has 2 aromatic rings. The van der Waals surface area contributed by atoms with Gasteiger partial charge >= 0.3 is 0 Å². The van der Waals surface area contributed by atoms with Crippen LogP contribution in [0.3, 0.4) is 0 Å². The summed E-state index contributed by atoms with van der Waals surface area (Å²) in [5, 5.41) is 0. The van der Waals surface area contributed by atoms with E-state index in [1.54, 1.807) is 0 Å². The number of unbranched alkanes of at least 4 members (excludes halogenated alkanes) is 2. The zero-order valence-corrected chi connectivity index (χ0v) is 19.0. The monoisotopic (exact) mass is 390 g/mol. The molecule has 29 heavy (non-hydrogen) atoms. The highest BCUT2D eigenvalue weighted by Crippen LogP contribution is 2.33. The van der Waals surface area contributed by atoms with Gasteiger partial charge in [0.1, 0.15) is 5.75 Å². The number of hydrogen-bond acceptors (Lipinski definition) is 1. The molecule has 2 rings (SSSR count). The van der Waals surface area contributed by atoms with Crippen molar-refractivity contribution in [2.75, 3.05) is 6.61 Å². The number of hydrogen-bond donors (Lipinski definition) is 0. The molecule has 0 aromatic heterocycles. The number of ether oxygens (including phenoxy) is 1. The fourth-order valence-corrected chi connectivity index (χ4v) is 3.44. The Morgan fingerprint density at radius 2 is 1.69 bits per heavy atom. The van der Waals surface area contributed by atoms with Gasteiger partial charge in [-0.25, -0.2) is 0 Å². The van der Waals surface area contributed by atoms with Crippen LogP contribution in [0, 0.1) is 12.8 Å². The maximum absolute atomic E-state index is 6.06. The summed E-state index contributed by atoms with van der Waals surface area (Å²) in [5.74, 6) is 1.67. The van der Waals surface area contributed by atoms with Crippen LogP contribution in [0.1, 0.15) is 70.1 Å². The van der Waals surface area contributed by atoms with Crippen LogP contribution in [-0.2, 0) is 6.42 Å². The largest absolute Gasteiger partial charge is 0.493 e. The fraction of sp³-hybridized carbons (Fsp3) is 0.429. The van der Waals surface area contributed by atoms with Gasteiger partial charge in [0.25, 0.3) is 0 Å². The van der Waals surface area contributed by atoms with Crippen molar-refractivity contribution < 1.29 is 4.74 Å². The van der Waals surface area contributed by atoms with Crippen LogP contribution < -0.4 is 4.74 Å². The predicted octanol–water partition coefficient (Wildman–Crippen LogP) is 8.41. The molecule has 0 aliphatic carbocycles. The van der Waals surface area contributed by atoms with E-state index < -0.39 is 0 Å². The lowest BCUT2D eigenvalue weighted by Gasteiger charge is -2.16. The quantitative estimate of drug-likeness (QED) is 0.276. The molecule has 0 bridgehead atoms. The topological polar surface area (TPSA) is 9.23 Å². The maximum Gasteiger partial charge on any atom is 0.122 e. The van der Waals surface area contributed by atoms with Crippen molar-refractivity contribution in [3.8, 4) is 16.9 Å². The molecule has 2 aromatic carbocycles. The van der Waals surface area contributed by atoms with Crippen LogP contribution in [0.2, 0.25) is 0 Å². The highest BCUT2D eigenvalue weighted by molar-refractivity contribution is 5.79. The highest BCUT2D eigenvalue weighted by atomic mass is 16.5. The average Bonchev–Trinajstić information content (AvgIpc) is 2.70. The third-order valence-corrected chi connectivity index (χ3v) is 5.09. The van der Waals surface area contributed by atoms with Crippen LogP contribution in [0.5, 0.6) is 5.75 Å². The van der Waals surface area contributed by atoms with E-state index in [1.807, 2.05) is 0 Å². The SMILES string of the molecule is CCC/C=C/C=C\c1c(-c2ccc(CC(C)C)cc2)ccc(OCCCC)c1C. The molecule has 0 saturated heterocycles. The van der Waals surface area contributed by atoms with E-state index in [0.29, 0.717) is 5.92 Å². The Labute approximate surface area is 178 Å². The Bertz CT molecular complexity index is 794. The summed E-state index contributed by atoms with van der Waals surface area (Å²) < 4.78 is 6.06. The van der Waals surface area contributed by atoms with Crippen molar-refractivity contribution in [1.29, 1.82) is 0 Å². The van der Waals surface area contributed by atoms with Gasteiger partial charge in [-0.1, -0.05) is 95.2 Å². The molecule has 0 aliphatic heterocycles. The summed E-state index contributed by atoms with van der Waals surface area (Å²) >= 11 is 0. The van der Waals surface area contributed by atoms with Crippen LogP contribution in [0.15, 0.2) is 54.6 Å². The third kappa shape index (κ3) is 7.24. The fourth-order valence-electron chi connectivity index (χ4n) is 3.44. The number of rotatable bonds is 11. The van der Waals surface area contributed by atoms with Crippen molar-refractivity contribution in [1.82, 2.24) is 0 Å². The minimum Gasteiger partial charge on any atom is -0.493 e. The average molecular weight is 391 g/mol.